The molecule has 3 unspecified atom stereocenters. The number of carbonyl (C=O) groups excluding carboxylic acids is 4. The molecule has 4 aromatic rings. The molecule has 6 rings (SSSR count). The third kappa shape index (κ3) is 9.86. The van der Waals surface area contributed by atoms with E-state index in [9.17, 15) is 19.2 Å². The van der Waals surface area contributed by atoms with Crippen LogP contribution in [-0.2, 0) is 30.5 Å². The van der Waals surface area contributed by atoms with Crippen molar-refractivity contribution in [2.45, 2.75) is 84.5 Å². The highest BCUT2D eigenvalue weighted by molar-refractivity contribution is 5.92. The molecule has 3 atom stereocenters. The van der Waals surface area contributed by atoms with Crippen LogP contribution in [0.2, 0.25) is 0 Å². The average molecular weight is 748 g/mol. The summed E-state index contributed by atoms with van der Waals surface area (Å²) >= 11 is 0. The first kappa shape index (κ1) is 39.4. The standard InChI is InChI=1S/C43H53N7O5/c1-28(2)38-40(52)46-35(13-8-9-23-44-27-30-16-17-31-11-6-7-12-33(31)25-30)41(53)50-24-10-14-34(47-50)39(51)48-49(5)37-20-19-32-18-15-29(26-36(32)45-37)21-22-43(3,4)42(54)55-38/h6-7,11-12,15-22,25-26,28,34-35,38,44,47H,8-10,13-14,23-24,27H2,1-5H3,(H,46,52)(H,48,51)/b22-21+. The molecule has 55 heavy (non-hydrogen) atoms. The second-order valence-electron chi connectivity index (χ2n) is 15.5. The van der Waals surface area contributed by atoms with E-state index in [1.807, 2.05) is 62.4 Å². The molecule has 0 saturated carbocycles. The SMILES string of the molecule is CC(C)C1OC(=O)C(C)(C)/C=C/c2ccc3ccc(nc3c2)N(C)NC(=O)C2CCCN(N2)C(=O)C(CCCCNCc2ccc3ccccc3c2)NC1=O. The van der Waals surface area contributed by atoms with Crippen LogP contribution in [0.15, 0.2) is 78.9 Å². The van der Waals surface area contributed by atoms with Gasteiger partial charge < -0.3 is 15.4 Å². The van der Waals surface area contributed by atoms with Gasteiger partial charge in [0.15, 0.2) is 6.10 Å². The van der Waals surface area contributed by atoms with Gasteiger partial charge >= 0.3 is 5.97 Å². The summed E-state index contributed by atoms with van der Waals surface area (Å²) in [5.74, 6) is -1.58. The average Bonchev–Trinajstić information content (AvgIpc) is 3.18. The lowest BCUT2D eigenvalue weighted by Gasteiger charge is -2.36. The Morgan fingerprint density at radius 2 is 1.69 bits per heavy atom. The van der Waals surface area contributed by atoms with Crippen molar-refractivity contribution in [1.29, 1.82) is 0 Å². The zero-order valence-corrected chi connectivity index (χ0v) is 32.4. The van der Waals surface area contributed by atoms with Crippen molar-refractivity contribution < 1.29 is 23.9 Å². The Morgan fingerprint density at radius 1 is 0.927 bits per heavy atom. The molecule has 1 saturated heterocycles. The number of ether oxygens (including phenoxy) is 1. The lowest BCUT2D eigenvalue weighted by Crippen LogP contribution is -2.62. The molecule has 3 aromatic carbocycles. The highest BCUT2D eigenvalue weighted by atomic mass is 16.5. The number of carbonyl (C=O) groups is 4. The van der Waals surface area contributed by atoms with Crippen molar-refractivity contribution in [3.63, 3.8) is 0 Å². The van der Waals surface area contributed by atoms with Gasteiger partial charge in [-0.3, -0.25) is 34.6 Å². The van der Waals surface area contributed by atoms with E-state index in [0.29, 0.717) is 50.1 Å². The van der Waals surface area contributed by atoms with Crippen LogP contribution >= 0.6 is 0 Å². The summed E-state index contributed by atoms with van der Waals surface area (Å²) in [6.07, 6.45) is 5.34. The second-order valence-corrected chi connectivity index (χ2v) is 15.5. The van der Waals surface area contributed by atoms with Gasteiger partial charge in [0.25, 0.3) is 17.7 Å². The van der Waals surface area contributed by atoms with Gasteiger partial charge in [-0.2, -0.15) is 0 Å². The third-order valence-corrected chi connectivity index (χ3v) is 10.3. The highest BCUT2D eigenvalue weighted by Crippen LogP contribution is 2.26. The number of anilines is 1. The second kappa shape index (κ2) is 17.4. The number of cyclic esters (lactones) is 1. The van der Waals surface area contributed by atoms with E-state index < -0.39 is 35.5 Å². The topological polar surface area (TPSA) is 145 Å². The van der Waals surface area contributed by atoms with Crippen LogP contribution < -0.4 is 26.5 Å². The van der Waals surface area contributed by atoms with E-state index in [2.05, 4.69) is 51.8 Å². The molecule has 12 nitrogen and oxygen atoms in total. The predicted molar refractivity (Wildman–Crippen MR) is 215 cm³/mol. The molecule has 1 aromatic heterocycles. The molecule has 0 aliphatic carbocycles. The number of hydrogen-bond donors (Lipinski definition) is 4. The Labute approximate surface area is 323 Å². The number of rotatable bonds is 8. The van der Waals surface area contributed by atoms with E-state index in [-0.39, 0.29) is 17.7 Å². The first-order valence-corrected chi connectivity index (χ1v) is 19.3. The molecular formula is C43H53N7O5. The minimum atomic E-state index is -1.13. The Bertz CT molecular complexity index is 2060. The maximum absolute atomic E-state index is 14.2. The summed E-state index contributed by atoms with van der Waals surface area (Å²) in [4.78, 5) is 60.0. The fourth-order valence-electron chi connectivity index (χ4n) is 6.86. The van der Waals surface area contributed by atoms with Gasteiger partial charge in [0.05, 0.1) is 10.9 Å². The summed E-state index contributed by atoms with van der Waals surface area (Å²) in [7, 11) is 1.72. The van der Waals surface area contributed by atoms with Crippen LogP contribution in [0.4, 0.5) is 5.82 Å². The van der Waals surface area contributed by atoms with Crippen molar-refractivity contribution in [3.8, 4) is 0 Å². The number of unbranched alkanes of at least 4 members (excludes halogenated alkanes) is 1. The van der Waals surface area contributed by atoms with Gasteiger partial charge in [0.2, 0.25) is 0 Å². The minimum Gasteiger partial charge on any atom is -0.451 e. The first-order chi connectivity index (χ1) is 26.4. The maximum atomic E-state index is 14.2. The van der Waals surface area contributed by atoms with E-state index in [1.165, 1.54) is 21.3 Å². The molecule has 2 aliphatic heterocycles. The molecule has 3 amide bonds. The Balaban J connectivity index is 1.20. The zero-order chi connectivity index (χ0) is 39.1. The van der Waals surface area contributed by atoms with E-state index in [1.54, 1.807) is 32.0 Å². The fraction of sp³-hybridized carbons (Fsp3) is 0.419. The largest absolute Gasteiger partial charge is 0.451 e. The lowest BCUT2D eigenvalue weighted by molar-refractivity contribution is -0.165. The number of fused-ring (bicyclic) bond motifs is 5. The molecule has 0 radical (unpaired) electrons. The van der Waals surface area contributed by atoms with Crippen molar-refractivity contribution in [2.24, 2.45) is 11.3 Å². The minimum absolute atomic E-state index is 0.309. The summed E-state index contributed by atoms with van der Waals surface area (Å²) in [5, 5.41) is 12.8. The Hall–Kier alpha value is -5.33. The maximum Gasteiger partial charge on any atom is 0.316 e. The van der Waals surface area contributed by atoms with Gasteiger partial charge in [-0.15, -0.1) is 0 Å². The molecule has 0 spiro atoms. The summed E-state index contributed by atoms with van der Waals surface area (Å²) in [6, 6.07) is 22.7. The zero-order valence-electron chi connectivity index (χ0n) is 32.4. The van der Waals surface area contributed by atoms with Gasteiger partial charge in [0, 0.05) is 25.5 Å². The fourth-order valence-corrected chi connectivity index (χ4v) is 6.86. The molecule has 2 aliphatic rings. The van der Waals surface area contributed by atoms with Crippen LogP contribution in [0, 0.1) is 11.3 Å². The molecule has 4 N–H and O–H groups in total. The van der Waals surface area contributed by atoms with Crippen molar-refractivity contribution in [3.05, 3.63) is 90.0 Å². The Kier molecular flexibility index (Phi) is 12.5. The predicted octanol–water partition coefficient (Wildman–Crippen LogP) is 5.42. The van der Waals surface area contributed by atoms with Gasteiger partial charge in [-0.1, -0.05) is 74.5 Å². The molecule has 12 heteroatoms. The van der Waals surface area contributed by atoms with Crippen LogP contribution in [0.3, 0.4) is 0 Å². The summed E-state index contributed by atoms with van der Waals surface area (Å²) in [6.45, 7) is 8.90. The quantitative estimate of drug-likeness (QED) is 0.137. The molecule has 290 valence electrons. The molecular weight excluding hydrogens is 695 g/mol. The number of pyridine rings is 1. The number of benzene rings is 3. The number of hydrazine groups is 2. The molecule has 5 bridgehead atoms. The van der Waals surface area contributed by atoms with Crippen molar-refractivity contribution >= 4 is 57.3 Å². The Morgan fingerprint density at radius 3 is 2.49 bits per heavy atom. The summed E-state index contributed by atoms with van der Waals surface area (Å²) in [5.41, 5.74) is 7.69. The van der Waals surface area contributed by atoms with Gasteiger partial charge in [-0.25, -0.2) is 10.4 Å². The number of esters is 1. The van der Waals surface area contributed by atoms with E-state index in [4.69, 9.17) is 9.72 Å². The van der Waals surface area contributed by atoms with Crippen LogP contribution in [-0.4, -0.2) is 72.0 Å². The van der Waals surface area contributed by atoms with Crippen LogP contribution in [0.25, 0.3) is 27.8 Å². The number of amides is 3. The lowest BCUT2D eigenvalue weighted by atomic mass is 9.92. The normalized spacial score (nSPS) is 21.7. The van der Waals surface area contributed by atoms with Crippen molar-refractivity contribution in [2.75, 3.05) is 25.1 Å². The van der Waals surface area contributed by atoms with Gasteiger partial charge in [0.1, 0.15) is 17.9 Å². The number of nitrogens with one attached hydrogen (secondary N) is 4. The number of hydrogen-bond acceptors (Lipinski definition) is 9. The van der Waals surface area contributed by atoms with Crippen LogP contribution in [0.5, 0.6) is 0 Å². The van der Waals surface area contributed by atoms with E-state index in [0.717, 1.165) is 23.9 Å². The smallest absolute Gasteiger partial charge is 0.316 e. The van der Waals surface area contributed by atoms with Crippen LogP contribution in [0.1, 0.15) is 70.9 Å². The molecule has 1 fully saturated rings. The van der Waals surface area contributed by atoms with Crippen molar-refractivity contribution in [1.82, 2.24) is 31.5 Å². The number of aromatic nitrogens is 1. The molecule has 3 heterocycles. The van der Waals surface area contributed by atoms with E-state index >= 15 is 0 Å². The highest BCUT2D eigenvalue weighted by Gasteiger charge is 2.37. The monoisotopic (exact) mass is 747 g/mol. The number of nitrogens with zero attached hydrogens (tertiary/aromatic N) is 3. The third-order valence-electron chi connectivity index (χ3n) is 10.3. The van der Waals surface area contributed by atoms with Gasteiger partial charge in [-0.05, 0) is 105 Å². The first-order valence-electron chi connectivity index (χ1n) is 19.3. The summed E-state index contributed by atoms with van der Waals surface area (Å²) < 4.78 is 5.91.